The third-order valence-electron chi connectivity index (χ3n) is 5.92. The van der Waals surface area contributed by atoms with Crippen LogP contribution >= 0.6 is 0 Å². The molecular formula is C19H26N6O. The summed E-state index contributed by atoms with van der Waals surface area (Å²) >= 11 is 0. The Morgan fingerprint density at radius 1 is 1.35 bits per heavy atom. The van der Waals surface area contributed by atoms with Crippen LogP contribution in [0.25, 0.3) is 5.82 Å². The molecule has 26 heavy (non-hydrogen) atoms. The van der Waals surface area contributed by atoms with Crippen LogP contribution in [0.15, 0.2) is 30.9 Å². The molecule has 0 N–H and O–H groups in total. The zero-order valence-electron chi connectivity index (χ0n) is 15.9. The van der Waals surface area contributed by atoms with E-state index in [-0.39, 0.29) is 11.3 Å². The molecule has 0 spiro atoms. The van der Waals surface area contributed by atoms with E-state index in [1.54, 1.807) is 17.1 Å². The highest BCUT2D eigenvalue weighted by Gasteiger charge is 2.63. The number of amides is 1. The molecule has 1 aliphatic carbocycles. The minimum Gasteiger partial charge on any atom is -0.336 e. The van der Waals surface area contributed by atoms with Gasteiger partial charge in [-0.25, -0.2) is 14.6 Å². The van der Waals surface area contributed by atoms with Crippen molar-refractivity contribution in [3.8, 4) is 5.82 Å². The molecule has 2 aromatic rings. The molecule has 1 saturated heterocycles. The molecule has 1 amide bonds. The van der Waals surface area contributed by atoms with Crippen LogP contribution in [0.4, 0.5) is 0 Å². The summed E-state index contributed by atoms with van der Waals surface area (Å²) in [5.74, 6) is 1.16. The minimum atomic E-state index is 0.00953. The largest absolute Gasteiger partial charge is 0.336 e. The fourth-order valence-corrected chi connectivity index (χ4v) is 5.28. The van der Waals surface area contributed by atoms with Gasteiger partial charge in [-0.3, -0.25) is 4.79 Å². The third kappa shape index (κ3) is 2.70. The number of carbonyl (C=O) groups is 1. The Hall–Kier alpha value is -2.28. The standard InChI is InChI=1S/C19H26N6O/c1-18(2)9-19(10-23(3)4)11-24(8-15(18)19)17(26)14-6-5-7-16(22-14)25-13-20-12-21-25/h5-7,12-13,15H,8-11H2,1-4H3/t15-,19+/m1/s1. The van der Waals surface area contributed by atoms with Crippen molar-refractivity contribution in [1.82, 2.24) is 29.5 Å². The maximum absolute atomic E-state index is 13.1. The number of fused-ring (bicyclic) bond motifs is 1. The molecule has 0 bridgehead atoms. The molecule has 7 heteroatoms. The maximum Gasteiger partial charge on any atom is 0.272 e. The fraction of sp³-hybridized carbons (Fsp3) is 0.579. The molecule has 1 aliphatic heterocycles. The van der Waals surface area contributed by atoms with Gasteiger partial charge in [0.15, 0.2) is 5.82 Å². The maximum atomic E-state index is 13.1. The van der Waals surface area contributed by atoms with Crippen molar-refractivity contribution >= 4 is 5.91 Å². The molecule has 7 nitrogen and oxygen atoms in total. The number of nitrogens with zero attached hydrogens (tertiary/aromatic N) is 6. The van der Waals surface area contributed by atoms with E-state index in [0.717, 1.165) is 19.6 Å². The van der Waals surface area contributed by atoms with Crippen LogP contribution < -0.4 is 0 Å². The summed E-state index contributed by atoms with van der Waals surface area (Å²) < 4.78 is 1.57. The van der Waals surface area contributed by atoms with E-state index in [1.807, 2.05) is 17.0 Å². The first-order valence-corrected chi connectivity index (χ1v) is 9.07. The molecule has 1 saturated carbocycles. The molecule has 0 aromatic carbocycles. The predicted molar refractivity (Wildman–Crippen MR) is 97.9 cm³/mol. The van der Waals surface area contributed by atoms with Crippen molar-refractivity contribution in [3.05, 3.63) is 36.5 Å². The number of hydrogen-bond acceptors (Lipinski definition) is 5. The molecule has 0 unspecified atom stereocenters. The zero-order chi connectivity index (χ0) is 18.5. The number of likely N-dealkylation sites (tertiary alicyclic amines) is 1. The molecule has 0 radical (unpaired) electrons. The van der Waals surface area contributed by atoms with Gasteiger partial charge in [-0.1, -0.05) is 19.9 Å². The fourth-order valence-electron chi connectivity index (χ4n) is 5.28. The van der Waals surface area contributed by atoms with Crippen LogP contribution in [0, 0.1) is 16.7 Å². The lowest BCUT2D eigenvalue weighted by molar-refractivity contribution is -0.0789. The van der Waals surface area contributed by atoms with Crippen molar-refractivity contribution in [2.75, 3.05) is 33.7 Å². The van der Waals surface area contributed by atoms with Crippen molar-refractivity contribution < 1.29 is 4.79 Å². The van der Waals surface area contributed by atoms with E-state index in [0.29, 0.717) is 22.8 Å². The van der Waals surface area contributed by atoms with E-state index in [4.69, 9.17) is 0 Å². The molecule has 2 aromatic heterocycles. The highest BCUT2D eigenvalue weighted by Crippen LogP contribution is 2.62. The van der Waals surface area contributed by atoms with Crippen LogP contribution in [0.3, 0.4) is 0 Å². The van der Waals surface area contributed by atoms with Gasteiger partial charge in [0.05, 0.1) is 0 Å². The van der Waals surface area contributed by atoms with Crippen LogP contribution in [0.2, 0.25) is 0 Å². The van der Waals surface area contributed by atoms with Crippen molar-refractivity contribution in [2.24, 2.45) is 16.7 Å². The second-order valence-corrected chi connectivity index (χ2v) is 8.72. The van der Waals surface area contributed by atoms with Crippen LogP contribution in [-0.4, -0.2) is 69.2 Å². The van der Waals surface area contributed by atoms with Gasteiger partial charge in [-0.05, 0) is 44.0 Å². The van der Waals surface area contributed by atoms with Crippen LogP contribution in [0.1, 0.15) is 30.8 Å². The average Bonchev–Trinajstić information content (AvgIpc) is 3.20. The Balaban J connectivity index is 1.57. The summed E-state index contributed by atoms with van der Waals surface area (Å²) in [4.78, 5) is 25.8. The number of aromatic nitrogens is 4. The Morgan fingerprint density at radius 3 is 2.81 bits per heavy atom. The summed E-state index contributed by atoms with van der Waals surface area (Å²) in [5.41, 5.74) is 0.977. The van der Waals surface area contributed by atoms with E-state index < -0.39 is 0 Å². The van der Waals surface area contributed by atoms with Gasteiger partial charge in [0, 0.05) is 25.0 Å². The first-order chi connectivity index (χ1) is 12.3. The molecule has 3 heterocycles. The lowest BCUT2D eigenvalue weighted by Crippen LogP contribution is -2.57. The van der Waals surface area contributed by atoms with Crippen molar-refractivity contribution in [2.45, 2.75) is 20.3 Å². The Kier molecular flexibility index (Phi) is 3.87. The number of pyridine rings is 1. The highest BCUT2D eigenvalue weighted by molar-refractivity contribution is 5.92. The van der Waals surface area contributed by atoms with E-state index in [2.05, 4.69) is 47.9 Å². The average molecular weight is 354 g/mol. The Bertz CT molecular complexity index is 811. The predicted octanol–water partition coefficient (Wildman–Crippen LogP) is 1.71. The Labute approximate surface area is 154 Å². The summed E-state index contributed by atoms with van der Waals surface area (Å²) in [5, 5.41) is 4.09. The first-order valence-electron chi connectivity index (χ1n) is 9.07. The second kappa shape index (κ2) is 5.87. The third-order valence-corrected chi connectivity index (χ3v) is 5.92. The van der Waals surface area contributed by atoms with Crippen molar-refractivity contribution in [3.63, 3.8) is 0 Å². The van der Waals surface area contributed by atoms with Gasteiger partial charge in [0.25, 0.3) is 5.91 Å². The van der Waals surface area contributed by atoms with Gasteiger partial charge in [-0.15, -0.1) is 0 Å². The molecule has 2 fully saturated rings. The summed E-state index contributed by atoms with van der Waals surface area (Å²) in [7, 11) is 4.23. The molecular weight excluding hydrogens is 328 g/mol. The smallest absolute Gasteiger partial charge is 0.272 e. The molecule has 2 aliphatic rings. The normalized spacial score (nSPS) is 26.7. The highest BCUT2D eigenvalue weighted by atomic mass is 16.2. The van der Waals surface area contributed by atoms with Crippen LogP contribution in [0.5, 0.6) is 0 Å². The lowest BCUT2D eigenvalue weighted by atomic mass is 9.48. The SMILES string of the molecule is CN(C)C[C@@]12CN(C(=O)c3cccc(-n4cncn4)n3)C[C@@H]1C(C)(C)C2. The van der Waals surface area contributed by atoms with Gasteiger partial charge in [0.2, 0.25) is 0 Å². The molecule has 138 valence electrons. The second-order valence-electron chi connectivity index (χ2n) is 8.72. The van der Waals surface area contributed by atoms with Gasteiger partial charge < -0.3 is 9.80 Å². The lowest BCUT2D eigenvalue weighted by Gasteiger charge is -2.57. The summed E-state index contributed by atoms with van der Waals surface area (Å²) in [6.45, 7) is 7.30. The number of hydrogen-bond donors (Lipinski definition) is 0. The quantitative estimate of drug-likeness (QED) is 0.836. The number of carbonyl (C=O) groups excluding carboxylic acids is 1. The van der Waals surface area contributed by atoms with E-state index >= 15 is 0 Å². The van der Waals surface area contributed by atoms with E-state index in [1.165, 1.54) is 12.7 Å². The van der Waals surface area contributed by atoms with Gasteiger partial charge >= 0.3 is 0 Å². The van der Waals surface area contributed by atoms with Crippen molar-refractivity contribution in [1.29, 1.82) is 0 Å². The Morgan fingerprint density at radius 2 is 2.15 bits per heavy atom. The summed E-state index contributed by atoms with van der Waals surface area (Å²) in [6, 6.07) is 5.46. The minimum absolute atomic E-state index is 0.00953. The first kappa shape index (κ1) is 17.1. The van der Waals surface area contributed by atoms with Gasteiger partial charge in [-0.2, -0.15) is 5.10 Å². The zero-order valence-corrected chi connectivity index (χ0v) is 15.9. The van der Waals surface area contributed by atoms with Gasteiger partial charge in [0.1, 0.15) is 18.3 Å². The van der Waals surface area contributed by atoms with Crippen LogP contribution in [-0.2, 0) is 0 Å². The monoisotopic (exact) mass is 354 g/mol. The molecule has 4 rings (SSSR count). The summed E-state index contributed by atoms with van der Waals surface area (Å²) in [6.07, 6.45) is 4.21. The number of rotatable bonds is 4. The topological polar surface area (TPSA) is 67.2 Å². The molecule has 2 atom stereocenters. The van der Waals surface area contributed by atoms with E-state index in [9.17, 15) is 4.79 Å².